The van der Waals surface area contributed by atoms with Crippen molar-refractivity contribution >= 4 is 29.2 Å². The smallest absolute Gasteiger partial charge is 0.289 e. The molecule has 7 nitrogen and oxygen atoms in total. The highest BCUT2D eigenvalue weighted by Crippen LogP contribution is 2.34. The molecule has 1 aliphatic heterocycles. The zero-order valence-electron chi connectivity index (χ0n) is 17.8. The van der Waals surface area contributed by atoms with E-state index in [1.807, 2.05) is 31.2 Å². The van der Waals surface area contributed by atoms with E-state index in [0.29, 0.717) is 67.0 Å². The van der Waals surface area contributed by atoms with Gasteiger partial charge in [0.15, 0.2) is 11.5 Å². The highest BCUT2D eigenvalue weighted by atomic mass is 35.5. The summed E-state index contributed by atoms with van der Waals surface area (Å²) in [5.74, 6) is 0.996. The Labute approximate surface area is 191 Å². The Morgan fingerprint density at radius 2 is 1.91 bits per heavy atom. The van der Waals surface area contributed by atoms with E-state index in [1.54, 1.807) is 17.0 Å². The molecule has 0 bridgehead atoms. The van der Waals surface area contributed by atoms with Crippen molar-refractivity contribution in [1.82, 2.24) is 14.9 Å². The Morgan fingerprint density at radius 1 is 1.09 bits per heavy atom. The van der Waals surface area contributed by atoms with Crippen LogP contribution < -0.4 is 4.90 Å². The van der Waals surface area contributed by atoms with Crippen molar-refractivity contribution in [3.05, 3.63) is 76.0 Å². The van der Waals surface area contributed by atoms with Crippen LogP contribution >= 0.6 is 11.6 Å². The zero-order valence-corrected chi connectivity index (χ0v) is 18.5. The number of aryl methyl sites for hydroxylation is 1. The normalized spacial score (nSPS) is 18.6. The number of rotatable bonds is 3. The molecule has 164 valence electrons. The van der Waals surface area contributed by atoms with Crippen molar-refractivity contribution in [3.8, 4) is 0 Å². The van der Waals surface area contributed by atoms with Crippen LogP contribution in [0.25, 0.3) is 0 Å². The summed E-state index contributed by atoms with van der Waals surface area (Å²) in [4.78, 5) is 38.7. The monoisotopic (exact) mass is 450 g/mol. The fraction of sp³-hybridized carbons (Fsp3) is 0.333. The number of hydrogen-bond acceptors (Lipinski definition) is 6. The van der Waals surface area contributed by atoms with Crippen LogP contribution in [0.4, 0.5) is 5.95 Å². The highest BCUT2D eigenvalue weighted by molar-refractivity contribution is 6.30. The van der Waals surface area contributed by atoms with Gasteiger partial charge in [-0.05, 0) is 49.1 Å². The first kappa shape index (κ1) is 20.7. The van der Waals surface area contributed by atoms with Crippen molar-refractivity contribution in [2.75, 3.05) is 31.1 Å². The van der Waals surface area contributed by atoms with Gasteiger partial charge in [-0.1, -0.05) is 23.7 Å². The number of Topliss-reactive ketones (excluding diaryl/α,β-unsaturated/α-hetero) is 1. The number of hydrogen-bond donors (Lipinski definition) is 0. The third-order valence-electron chi connectivity index (χ3n) is 6.21. The van der Waals surface area contributed by atoms with E-state index in [1.165, 1.54) is 6.26 Å². The Kier molecular flexibility index (Phi) is 5.43. The minimum absolute atomic E-state index is 0.0543. The third-order valence-corrected chi connectivity index (χ3v) is 6.44. The summed E-state index contributed by atoms with van der Waals surface area (Å²) >= 11 is 6.17. The number of amides is 1. The van der Waals surface area contributed by atoms with Gasteiger partial charge in [-0.15, -0.1) is 0 Å². The standard InChI is InChI=1S/C24H23ClN4O3/c1-15-22-19(13-17(14-20(22)30)16-4-2-5-18(25)12-16)27-24(26-15)29-9-7-28(8-10-29)23(31)21-6-3-11-32-21/h2-6,11-12,17H,7-10,13-14H2,1H3/t17-/m1/s1. The number of furan rings is 1. The molecule has 2 aromatic heterocycles. The number of carbonyl (C=O) groups is 2. The van der Waals surface area contributed by atoms with Gasteiger partial charge in [-0.25, -0.2) is 9.97 Å². The van der Waals surface area contributed by atoms with Crippen molar-refractivity contribution in [3.63, 3.8) is 0 Å². The van der Waals surface area contributed by atoms with E-state index in [4.69, 9.17) is 21.0 Å². The number of piperazine rings is 1. The summed E-state index contributed by atoms with van der Waals surface area (Å²) in [6, 6.07) is 11.1. The first-order valence-electron chi connectivity index (χ1n) is 10.7. The van der Waals surface area contributed by atoms with Crippen LogP contribution in [0, 0.1) is 6.92 Å². The number of benzene rings is 1. The summed E-state index contributed by atoms with van der Waals surface area (Å²) in [5, 5.41) is 0.669. The SMILES string of the molecule is Cc1nc(N2CCN(C(=O)c3ccco3)CC2)nc2c1C(=O)C[C@H](c1cccc(Cl)c1)C2. The number of nitrogens with zero attached hydrogens (tertiary/aromatic N) is 4. The maximum atomic E-state index is 12.9. The van der Waals surface area contributed by atoms with Crippen molar-refractivity contribution < 1.29 is 14.0 Å². The van der Waals surface area contributed by atoms with Gasteiger partial charge in [0.05, 0.1) is 23.2 Å². The van der Waals surface area contributed by atoms with Crippen LogP contribution in [0.1, 0.15) is 50.2 Å². The maximum absolute atomic E-state index is 12.9. The van der Waals surface area contributed by atoms with Crippen LogP contribution in [0.3, 0.4) is 0 Å². The summed E-state index contributed by atoms with van der Waals surface area (Å²) in [6.07, 6.45) is 2.62. The van der Waals surface area contributed by atoms with E-state index in [0.717, 1.165) is 11.3 Å². The lowest BCUT2D eigenvalue weighted by Gasteiger charge is -2.35. The summed E-state index contributed by atoms with van der Waals surface area (Å²) in [5.41, 5.74) is 3.22. The van der Waals surface area contributed by atoms with E-state index >= 15 is 0 Å². The van der Waals surface area contributed by atoms with Crippen LogP contribution in [-0.2, 0) is 6.42 Å². The topological polar surface area (TPSA) is 79.5 Å². The van der Waals surface area contributed by atoms with Gasteiger partial charge in [0.25, 0.3) is 5.91 Å². The predicted octanol–water partition coefficient (Wildman–Crippen LogP) is 3.91. The molecule has 3 heterocycles. The number of fused-ring (bicyclic) bond motifs is 1. The fourth-order valence-corrected chi connectivity index (χ4v) is 4.76. The zero-order chi connectivity index (χ0) is 22.2. The van der Waals surface area contributed by atoms with Gasteiger partial charge in [0.1, 0.15) is 0 Å². The molecule has 1 aliphatic carbocycles. The van der Waals surface area contributed by atoms with E-state index in [-0.39, 0.29) is 17.6 Å². The Morgan fingerprint density at radius 3 is 2.62 bits per heavy atom. The molecule has 32 heavy (non-hydrogen) atoms. The molecule has 0 unspecified atom stereocenters. The van der Waals surface area contributed by atoms with Crippen molar-refractivity contribution in [1.29, 1.82) is 0 Å². The van der Waals surface area contributed by atoms with Gasteiger partial charge >= 0.3 is 0 Å². The Bertz CT molecular complexity index is 1170. The van der Waals surface area contributed by atoms with Gasteiger partial charge in [-0.3, -0.25) is 9.59 Å². The molecular weight excluding hydrogens is 428 g/mol. The van der Waals surface area contributed by atoms with Crippen LogP contribution in [0.15, 0.2) is 47.1 Å². The van der Waals surface area contributed by atoms with Crippen LogP contribution in [0.2, 0.25) is 5.02 Å². The van der Waals surface area contributed by atoms with Gasteiger partial charge in [-0.2, -0.15) is 0 Å². The van der Waals surface area contributed by atoms with Crippen molar-refractivity contribution in [2.24, 2.45) is 0 Å². The third kappa shape index (κ3) is 3.88. The molecule has 1 atom stereocenters. The van der Waals surface area contributed by atoms with E-state index < -0.39 is 0 Å². The second kappa shape index (κ2) is 8.39. The summed E-state index contributed by atoms with van der Waals surface area (Å²) in [7, 11) is 0. The summed E-state index contributed by atoms with van der Waals surface area (Å²) in [6.45, 7) is 4.23. The lowest BCUT2D eigenvalue weighted by atomic mass is 9.81. The lowest BCUT2D eigenvalue weighted by Crippen LogP contribution is -2.49. The van der Waals surface area contributed by atoms with E-state index in [9.17, 15) is 9.59 Å². The second-order valence-electron chi connectivity index (χ2n) is 8.27. The number of ketones is 1. The van der Waals surface area contributed by atoms with Crippen LogP contribution in [-0.4, -0.2) is 52.7 Å². The highest BCUT2D eigenvalue weighted by Gasteiger charge is 2.31. The number of halogens is 1. The molecule has 1 amide bonds. The van der Waals surface area contributed by atoms with Gasteiger partial charge in [0, 0.05) is 37.6 Å². The number of anilines is 1. The molecule has 2 aliphatic rings. The molecule has 8 heteroatoms. The van der Waals surface area contributed by atoms with E-state index in [2.05, 4.69) is 9.88 Å². The fourth-order valence-electron chi connectivity index (χ4n) is 4.56. The van der Waals surface area contributed by atoms with Crippen LogP contribution in [0.5, 0.6) is 0 Å². The molecule has 1 saturated heterocycles. The Hall–Kier alpha value is -3.19. The molecule has 5 rings (SSSR count). The molecule has 0 radical (unpaired) electrons. The minimum Gasteiger partial charge on any atom is -0.459 e. The quantitative estimate of drug-likeness (QED) is 0.602. The minimum atomic E-state index is -0.104. The molecule has 0 saturated carbocycles. The Balaban J connectivity index is 1.35. The largest absolute Gasteiger partial charge is 0.459 e. The number of aromatic nitrogens is 2. The maximum Gasteiger partial charge on any atom is 0.289 e. The average Bonchev–Trinajstić information content (AvgIpc) is 3.33. The molecule has 1 fully saturated rings. The average molecular weight is 451 g/mol. The van der Waals surface area contributed by atoms with Crippen molar-refractivity contribution in [2.45, 2.75) is 25.7 Å². The second-order valence-corrected chi connectivity index (χ2v) is 8.71. The number of carbonyl (C=O) groups excluding carboxylic acids is 2. The molecule has 1 aromatic carbocycles. The van der Waals surface area contributed by atoms with Gasteiger partial charge in [0.2, 0.25) is 5.95 Å². The summed E-state index contributed by atoms with van der Waals surface area (Å²) < 4.78 is 5.23. The lowest BCUT2D eigenvalue weighted by molar-refractivity contribution is 0.0713. The van der Waals surface area contributed by atoms with Gasteiger partial charge < -0.3 is 14.2 Å². The molecule has 0 N–H and O–H groups in total. The molecular formula is C24H23ClN4O3. The molecule has 3 aromatic rings. The molecule has 0 spiro atoms. The first-order chi connectivity index (χ1) is 15.5. The predicted molar refractivity (Wildman–Crippen MR) is 120 cm³/mol. The first-order valence-corrected chi connectivity index (χ1v) is 11.1.